The van der Waals surface area contributed by atoms with Crippen LogP contribution in [-0.4, -0.2) is 4.98 Å². The molecule has 1 aromatic heterocycles. The number of nitrogens with one attached hydrogen (secondary N) is 1. The van der Waals surface area contributed by atoms with E-state index < -0.39 is 23.2 Å². The van der Waals surface area contributed by atoms with Gasteiger partial charge in [0.05, 0.1) is 0 Å². The Kier molecular flexibility index (Phi) is 5.50. The molecule has 0 fully saturated rings. The van der Waals surface area contributed by atoms with Crippen molar-refractivity contribution in [3.63, 3.8) is 0 Å². The fourth-order valence-corrected chi connectivity index (χ4v) is 5.88. The van der Waals surface area contributed by atoms with Gasteiger partial charge in [-0.2, -0.15) is 0 Å². The van der Waals surface area contributed by atoms with Crippen LogP contribution in [0.1, 0.15) is 0 Å². The van der Waals surface area contributed by atoms with Crippen molar-refractivity contribution in [3.8, 4) is 0 Å². The third kappa shape index (κ3) is 3.01. The zero-order chi connectivity index (χ0) is 13.5. The third-order valence-corrected chi connectivity index (χ3v) is 7.06. The van der Waals surface area contributed by atoms with Gasteiger partial charge in [-0.15, -0.1) is 0 Å². The van der Waals surface area contributed by atoms with Crippen LogP contribution in [0.2, 0.25) is 0 Å². The largest absolute Gasteiger partial charge is 1.00 e. The maximum absolute atomic E-state index is 4.24. The van der Waals surface area contributed by atoms with Gasteiger partial charge in [0.2, 0.25) is 0 Å². The summed E-state index contributed by atoms with van der Waals surface area (Å²) in [6, 6.07) is 19.4. The number of hydrogen-bond donors (Lipinski definition) is 1. The van der Waals surface area contributed by atoms with Crippen molar-refractivity contribution in [2.75, 3.05) is 0 Å². The van der Waals surface area contributed by atoms with E-state index in [2.05, 4.69) is 72.2 Å². The minimum atomic E-state index is -0.839. The fourth-order valence-electron chi connectivity index (χ4n) is 2.71. The Bertz CT molecular complexity index is 923. The van der Waals surface area contributed by atoms with Crippen LogP contribution in [0.4, 0.5) is 0 Å². The first kappa shape index (κ1) is 17.3. The van der Waals surface area contributed by atoms with Crippen LogP contribution in [0.3, 0.4) is 0 Å². The van der Waals surface area contributed by atoms with Crippen molar-refractivity contribution in [1.82, 2.24) is 4.98 Å². The molecule has 1 aliphatic rings. The number of rotatable bonds is 2. The van der Waals surface area contributed by atoms with Crippen molar-refractivity contribution in [3.05, 3.63) is 77.2 Å². The SMILES string of the molecule is C=C1C=c2ccccc2=[C]1[Zr+2][c]1cc2ccccc2[nH]1.[Cl-].[Cl-]. The Morgan fingerprint density at radius 3 is 2.45 bits per heavy atom. The predicted octanol–water partition coefficient (Wildman–Crippen LogP) is -3.96. The van der Waals surface area contributed by atoms with Gasteiger partial charge in [-0.05, 0) is 0 Å². The van der Waals surface area contributed by atoms with Gasteiger partial charge in [0.15, 0.2) is 0 Å². The van der Waals surface area contributed by atoms with Crippen molar-refractivity contribution in [2.45, 2.75) is 0 Å². The average Bonchev–Trinajstić information content (AvgIpc) is 3.00. The van der Waals surface area contributed by atoms with Gasteiger partial charge in [0.1, 0.15) is 0 Å². The van der Waals surface area contributed by atoms with Gasteiger partial charge in [-0.3, -0.25) is 0 Å². The number of halogens is 2. The van der Waals surface area contributed by atoms with Crippen molar-refractivity contribution < 1.29 is 48.0 Å². The second-order valence-electron chi connectivity index (χ2n) is 5.03. The van der Waals surface area contributed by atoms with Crippen LogP contribution in [0, 0.1) is 0 Å². The second-order valence-corrected chi connectivity index (χ2v) is 8.19. The molecule has 1 heterocycles. The summed E-state index contributed by atoms with van der Waals surface area (Å²) in [6.45, 7) is 4.24. The Balaban J connectivity index is 0.000000882. The molecule has 0 spiro atoms. The van der Waals surface area contributed by atoms with E-state index in [0.29, 0.717) is 0 Å². The molecule has 0 saturated heterocycles. The molecule has 1 aliphatic carbocycles. The molecule has 1 N–H and O–H groups in total. The number of aromatic amines is 1. The number of aromatic nitrogens is 1. The molecule has 1 nitrogen and oxygen atoms in total. The summed E-state index contributed by atoms with van der Waals surface area (Å²) in [4.78, 5) is 3.57. The molecule has 0 atom stereocenters. The molecule has 2 aromatic carbocycles. The number of benzene rings is 2. The molecular weight excluding hydrogens is 392 g/mol. The Morgan fingerprint density at radius 1 is 0.909 bits per heavy atom. The second kappa shape index (κ2) is 7.00. The molecule has 0 saturated carbocycles. The molecule has 4 rings (SSSR count). The van der Waals surface area contributed by atoms with Crippen molar-refractivity contribution >= 4 is 23.7 Å². The summed E-state index contributed by atoms with van der Waals surface area (Å²) in [7, 11) is 0. The number of para-hydroxylation sites is 1. The Morgan fingerprint density at radius 2 is 1.64 bits per heavy atom. The summed E-state index contributed by atoms with van der Waals surface area (Å²) in [5.41, 5.74) is 2.45. The zero-order valence-corrected chi connectivity index (χ0v) is 15.7. The van der Waals surface area contributed by atoms with Crippen LogP contribution in [-0.2, 0) is 23.2 Å². The zero-order valence-electron chi connectivity index (χ0n) is 11.7. The topological polar surface area (TPSA) is 15.8 Å². The quantitative estimate of drug-likeness (QED) is 0.448. The Labute approximate surface area is 153 Å². The summed E-state index contributed by atoms with van der Waals surface area (Å²) in [5, 5.41) is 4.03. The predicted molar refractivity (Wildman–Crippen MR) is 80.6 cm³/mol. The summed E-state index contributed by atoms with van der Waals surface area (Å²) in [6.07, 6.45) is 2.22. The van der Waals surface area contributed by atoms with E-state index in [1.54, 1.807) is 0 Å². The molecule has 0 bridgehead atoms. The van der Waals surface area contributed by atoms with E-state index in [0.717, 1.165) is 0 Å². The van der Waals surface area contributed by atoms with E-state index in [1.165, 1.54) is 33.6 Å². The number of allylic oxidation sites excluding steroid dienone is 1. The number of H-pyrrole nitrogens is 1. The fraction of sp³-hybridized carbons (Fsp3) is 0. The van der Waals surface area contributed by atoms with E-state index in [9.17, 15) is 0 Å². The minimum absolute atomic E-state index is 0. The summed E-state index contributed by atoms with van der Waals surface area (Å²) >= 11 is -0.839. The van der Waals surface area contributed by atoms with Gasteiger partial charge in [0, 0.05) is 0 Å². The molecule has 22 heavy (non-hydrogen) atoms. The van der Waals surface area contributed by atoms with E-state index in [1.807, 2.05) is 0 Å². The molecule has 0 amide bonds. The van der Waals surface area contributed by atoms with Crippen LogP contribution < -0.4 is 38.7 Å². The van der Waals surface area contributed by atoms with E-state index in [4.69, 9.17) is 0 Å². The van der Waals surface area contributed by atoms with Gasteiger partial charge < -0.3 is 24.8 Å². The van der Waals surface area contributed by atoms with Gasteiger partial charge in [-0.1, -0.05) is 0 Å². The molecule has 0 aliphatic heterocycles. The van der Waals surface area contributed by atoms with Crippen molar-refractivity contribution in [2.24, 2.45) is 0 Å². The molecular formula is C18H13Cl2NZr. The first-order chi connectivity index (χ1) is 9.81. The van der Waals surface area contributed by atoms with E-state index >= 15 is 0 Å². The molecule has 0 unspecified atom stereocenters. The summed E-state index contributed by atoms with van der Waals surface area (Å²) < 4.78 is 2.91. The third-order valence-electron chi connectivity index (χ3n) is 3.67. The maximum atomic E-state index is 4.24. The standard InChI is InChI=1S/C10H7.C8H6N.2ClH.Zr/c1-8-6-9-4-2-3-5-10(9)7-8;1-2-4-8-7(3-1)5-6-9-8;;;/h2-6H,1H2;1-5,9H;2*1H;/q;;;;+2/p-2. The first-order valence-corrected chi connectivity index (χ1v) is 9.12. The number of fused-ring (bicyclic) bond motifs is 2. The first-order valence-electron chi connectivity index (χ1n) is 6.66. The smallest absolute Gasteiger partial charge is 1.00 e. The van der Waals surface area contributed by atoms with Crippen LogP contribution in [0.25, 0.3) is 20.3 Å². The Hall–Kier alpha value is -1.08. The van der Waals surface area contributed by atoms with Crippen LogP contribution in [0.5, 0.6) is 0 Å². The minimum Gasteiger partial charge on any atom is -1.00 e. The maximum Gasteiger partial charge on any atom is -1.00 e. The molecule has 108 valence electrons. The molecule has 3 aromatic rings. The van der Waals surface area contributed by atoms with Gasteiger partial charge >= 0.3 is 129 Å². The monoisotopic (exact) mass is 403 g/mol. The average molecular weight is 405 g/mol. The van der Waals surface area contributed by atoms with Crippen LogP contribution >= 0.6 is 0 Å². The van der Waals surface area contributed by atoms with Gasteiger partial charge in [-0.25, -0.2) is 0 Å². The van der Waals surface area contributed by atoms with Crippen molar-refractivity contribution in [1.29, 1.82) is 0 Å². The summed E-state index contributed by atoms with van der Waals surface area (Å²) in [5.74, 6) is 0. The molecule has 0 radical (unpaired) electrons. The van der Waals surface area contributed by atoms with E-state index in [-0.39, 0.29) is 24.8 Å². The molecule has 4 heteroatoms. The normalized spacial score (nSPS) is 12.0. The van der Waals surface area contributed by atoms with Crippen LogP contribution in [0.15, 0.2) is 66.7 Å². The van der Waals surface area contributed by atoms with Gasteiger partial charge in [0.25, 0.3) is 0 Å². The number of hydrogen-bond acceptors (Lipinski definition) is 0.